The molecule has 1 saturated heterocycles. The van der Waals surface area contributed by atoms with Gasteiger partial charge in [0.25, 0.3) is 5.91 Å². The Morgan fingerprint density at radius 3 is 2.20 bits per heavy atom. The number of benzene rings is 2. The number of nitrogens with one attached hydrogen (secondary N) is 1. The largest absolute Gasteiger partial charge is 0.493 e. The van der Waals surface area contributed by atoms with E-state index in [2.05, 4.69) is 10.4 Å². The van der Waals surface area contributed by atoms with E-state index >= 15 is 0 Å². The maximum Gasteiger partial charge on any atom is 0.416 e. The van der Waals surface area contributed by atoms with E-state index in [0.717, 1.165) is 5.56 Å². The van der Waals surface area contributed by atoms with E-state index in [9.17, 15) is 40.7 Å². The summed E-state index contributed by atoms with van der Waals surface area (Å²) in [5.41, 5.74) is 1.65. The molecule has 2 aliphatic rings. The van der Waals surface area contributed by atoms with E-state index in [1.54, 1.807) is 0 Å². The minimum Gasteiger partial charge on any atom is -0.493 e. The molecule has 2 aromatic carbocycles. The molecule has 4 rings (SSSR count). The number of nitrogens with zero attached hydrogens (tertiary/aromatic N) is 3. The van der Waals surface area contributed by atoms with E-state index in [1.807, 2.05) is 30.3 Å². The van der Waals surface area contributed by atoms with E-state index in [1.165, 1.54) is 30.8 Å². The summed E-state index contributed by atoms with van der Waals surface area (Å²) < 4.78 is 85.1. The summed E-state index contributed by atoms with van der Waals surface area (Å²) in [5.74, 6) is -2.37. The number of hydrogen-bond donors (Lipinski definition) is 2. The van der Waals surface area contributed by atoms with Crippen LogP contribution in [0.5, 0.6) is 5.75 Å². The average molecular weight is 642 g/mol. The molecule has 9 nitrogen and oxygen atoms in total. The molecule has 1 fully saturated rings. The molecule has 2 aliphatic heterocycles. The van der Waals surface area contributed by atoms with Crippen LogP contribution in [-0.4, -0.2) is 71.7 Å². The van der Waals surface area contributed by atoms with E-state index < -0.39 is 64.6 Å². The Morgan fingerprint density at radius 2 is 1.64 bits per heavy atom. The Morgan fingerprint density at radius 1 is 1.04 bits per heavy atom. The number of halogens is 6. The van der Waals surface area contributed by atoms with E-state index in [0.29, 0.717) is 17.8 Å². The molecule has 0 radical (unpaired) electrons. The second-order valence-electron chi connectivity index (χ2n) is 11.8. The maximum absolute atomic E-state index is 13.9. The normalized spacial score (nSPS) is 19.6. The number of amides is 3. The van der Waals surface area contributed by atoms with Crippen LogP contribution in [0.25, 0.3) is 0 Å². The quantitative estimate of drug-likeness (QED) is 0.402. The van der Waals surface area contributed by atoms with Crippen molar-refractivity contribution in [3.63, 3.8) is 0 Å². The molecular weight excluding hydrogens is 608 g/mol. The molecule has 2 atom stereocenters. The molecule has 0 bridgehead atoms. The van der Waals surface area contributed by atoms with Crippen molar-refractivity contribution in [1.82, 2.24) is 15.2 Å². The fraction of sp³-hybridized carbons (Fsp3) is 0.467. The summed E-state index contributed by atoms with van der Waals surface area (Å²) in [6.45, 7) is 2.35. The van der Waals surface area contributed by atoms with Gasteiger partial charge in [-0.2, -0.15) is 31.4 Å². The first-order valence-electron chi connectivity index (χ1n) is 14.0. The number of likely N-dealkylation sites (tertiary alicyclic amines) is 1. The van der Waals surface area contributed by atoms with Gasteiger partial charge in [0.1, 0.15) is 17.2 Å². The lowest BCUT2D eigenvalue weighted by Crippen LogP contribution is -2.61. The number of carbonyl (C=O) groups excluding carboxylic acids is 3. The number of fused-ring (bicyclic) bond motifs is 1. The summed E-state index contributed by atoms with van der Waals surface area (Å²) in [4.78, 5) is 41.6. The van der Waals surface area contributed by atoms with Crippen LogP contribution in [0.2, 0.25) is 0 Å². The number of piperidine rings is 1. The van der Waals surface area contributed by atoms with Crippen LogP contribution in [-0.2, 0) is 33.2 Å². The van der Waals surface area contributed by atoms with Crippen molar-refractivity contribution in [2.24, 2.45) is 16.3 Å². The number of carbonyl (C=O) groups is 3. The first-order chi connectivity index (χ1) is 20.8. The second kappa shape index (κ2) is 12.3. The van der Waals surface area contributed by atoms with Crippen molar-refractivity contribution < 1.29 is 45.5 Å². The third-order valence-electron chi connectivity index (χ3n) is 7.69. The van der Waals surface area contributed by atoms with Crippen LogP contribution in [0.3, 0.4) is 0 Å². The standard InChI is InChI=1S/C30H33F6N5O4/c1-27(2,37)25(43)38-22(10-12-45-21-14-19(29(31,32)33)13-20(15-21)30(34,35)36)24(42)41-11-9-23-28(17-41,26(44)40(3)39-23)16-18-7-5-4-6-8-18/h4-8,13-15,22H,9-12,16-17,37H2,1-3H3,(H,38,43). The first kappa shape index (κ1) is 33.7. The summed E-state index contributed by atoms with van der Waals surface area (Å²) in [6, 6.07) is 8.66. The topological polar surface area (TPSA) is 117 Å². The Balaban J connectivity index is 1.58. The van der Waals surface area contributed by atoms with Crippen LogP contribution in [0.1, 0.15) is 43.4 Å². The van der Waals surface area contributed by atoms with Crippen LogP contribution >= 0.6 is 0 Å². The highest BCUT2D eigenvalue weighted by Gasteiger charge is 2.54. The van der Waals surface area contributed by atoms with Crippen LogP contribution in [0.15, 0.2) is 53.6 Å². The van der Waals surface area contributed by atoms with Gasteiger partial charge < -0.3 is 20.7 Å². The van der Waals surface area contributed by atoms with Crippen LogP contribution in [0.4, 0.5) is 26.3 Å². The van der Waals surface area contributed by atoms with Gasteiger partial charge in [0.05, 0.1) is 29.0 Å². The van der Waals surface area contributed by atoms with Crippen molar-refractivity contribution >= 4 is 23.4 Å². The van der Waals surface area contributed by atoms with Crippen molar-refractivity contribution in [1.29, 1.82) is 0 Å². The highest BCUT2D eigenvalue weighted by Crippen LogP contribution is 2.39. The number of hydrogen-bond acceptors (Lipinski definition) is 6. The van der Waals surface area contributed by atoms with Crippen molar-refractivity contribution in [2.75, 3.05) is 26.7 Å². The Bertz CT molecular complexity index is 1440. The molecule has 2 unspecified atom stereocenters. The third-order valence-corrected chi connectivity index (χ3v) is 7.69. The molecule has 15 heteroatoms. The van der Waals surface area contributed by atoms with Gasteiger partial charge in [-0.15, -0.1) is 0 Å². The third kappa shape index (κ3) is 7.57. The van der Waals surface area contributed by atoms with Gasteiger partial charge in [-0.1, -0.05) is 30.3 Å². The van der Waals surface area contributed by atoms with Gasteiger partial charge in [0, 0.05) is 33.0 Å². The zero-order valence-electron chi connectivity index (χ0n) is 24.8. The summed E-state index contributed by atoms with van der Waals surface area (Å²) in [5, 5.41) is 8.18. The van der Waals surface area contributed by atoms with Gasteiger partial charge in [-0.05, 0) is 44.0 Å². The smallest absolute Gasteiger partial charge is 0.416 e. The molecule has 0 aliphatic carbocycles. The zero-order valence-corrected chi connectivity index (χ0v) is 24.8. The lowest BCUT2D eigenvalue weighted by molar-refractivity contribution is -0.143. The van der Waals surface area contributed by atoms with Gasteiger partial charge >= 0.3 is 12.4 Å². The number of hydrazone groups is 1. The first-order valence-corrected chi connectivity index (χ1v) is 14.0. The predicted molar refractivity (Wildman–Crippen MR) is 151 cm³/mol. The lowest BCUT2D eigenvalue weighted by Gasteiger charge is -2.41. The average Bonchev–Trinajstić information content (AvgIpc) is 3.19. The fourth-order valence-electron chi connectivity index (χ4n) is 5.34. The van der Waals surface area contributed by atoms with E-state index in [4.69, 9.17) is 10.5 Å². The number of nitrogens with two attached hydrogens (primary N) is 1. The summed E-state index contributed by atoms with van der Waals surface area (Å²) in [7, 11) is 1.52. The van der Waals surface area contributed by atoms with Crippen molar-refractivity contribution in [2.45, 2.75) is 57.0 Å². The van der Waals surface area contributed by atoms with E-state index in [-0.39, 0.29) is 44.3 Å². The minimum atomic E-state index is -5.07. The van der Waals surface area contributed by atoms with Gasteiger partial charge in [0.15, 0.2) is 0 Å². The zero-order chi connectivity index (χ0) is 33.4. The molecule has 244 valence electrons. The molecule has 2 aromatic rings. The molecule has 0 spiro atoms. The molecule has 45 heavy (non-hydrogen) atoms. The molecule has 0 saturated carbocycles. The van der Waals surface area contributed by atoms with Gasteiger partial charge in [0.2, 0.25) is 11.8 Å². The summed E-state index contributed by atoms with van der Waals surface area (Å²) in [6.07, 6.45) is -9.95. The molecule has 3 N–H and O–H groups in total. The van der Waals surface area contributed by atoms with Gasteiger partial charge in [-0.3, -0.25) is 14.4 Å². The highest BCUT2D eigenvalue weighted by molar-refractivity contribution is 6.13. The monoisotopic (exact) mass is 641 g/mol. The second-order valence-corrected chi connectivity index (χ2v) is 11.8. The Hall–Kier alpha value is -4.14. The molecule has 2 heterocycles. The van der Waals surface area contributed by atoms with Crippen LogP contribution < -0.4 is 15.8 Å². The van der Waals surface area contributed by atoms with Gasteiger partial charge in [-0.25, -0.2) is 5.01 Å². The Labute approximate surface area is 255 Å². The molecule has 3 amide bonds. The number of rotatable bonds is 9. The highest BCUT2D eigenvalue weighted by atomic mass is 19.4. The lowest BCUT2D eigenvalue weighted by atomic mass is 9.73. The number of alkyl halides is 6. The summed E-state index contributed by atoms with van der Waals surface area (Å²) >= 11 is 0. The van der Waals surface area contributed by atoms with Crippen molar-refractivity contribution in [3.8, 4) is 5.75 Å². The number of ether oxygens (including phenoxy) is 1. The van der Waals surface area contributed by atoms with Crippen molar-refractivity contribution in [3.05, 3.63) is 65.2 Å². The minimum absolute atomic E-state index is 0.0241. The molecular formula is C30H33F6N5O4. The fourth-order valence-corrected chi connectivity index (χ4v) is 5.34. The predicted octanol–water partition coefficient (Wildman–Crippen LogP) is 4.00. The molecule has 0 aromatic heterocycles. The van der Waals surface area contributed by atoms with Crippen LogP contribution in [0, 0.1) is 5.41 Å². The SMILES string of the molecule is CN1N=C2CCN(C(=O)C(CCOc3cc(C(F)(F)F)cc(C(F)(F)F)c3)NC(=O)C(C)(C)N)CC2(Cc2ccccc2)C1=O. The maximum atomic E-state index is 13.9. The Kier molecular flexibility index (Phi) is 9.25.